The van der Waals surface area contributed by atoms with Gasteiger partial charge in [0.1, 0.15) is 23.1 Å². The molecule has 3 rings (SSSR count). The van der Waals surface area contributed by atoms with Gasteiger partial charge in [0, 0.05) is 5.56 Å². The normalized spacial score (nSPS) is 11.3. The van der Waals surface area contributed by atoms with Crippen LogP contribution in [0.25, 0.3) is 11.3 Å². The van der Waals surface area contributed by atoms with Crippen LogP contribution in [0.5, 0.6) is 0 Å². The van der Waals surface area contributed by atoms with Crippen LogP contribution in [-0.4, -0.2) is 18.4 Å². The standard InChI is InChI=1S/C18H17FN4O2S/c1-11-5-3-6-12(2)17(11)18-13(19)9-10-15(22-18)23-26(24,25)16-8-4-7-14(20)21-16/h3-10H,1-2H3,(H2,20,21)(H,22,23). The summed E-state index contributed by atoms with van der Waals surface area (Å²) in [6.07, 6.45) is 0. The van der Waals surface area contributed by atoms with Crippen LogP contribution in [0.1, 0.15) is 11.1 Å². The summed E-state index contributed by atoms with van der Waals surface area (Å²) in [5.74, 6) is -0.461. The van der Waals surface area contributed by atoms with E-state index in [4.69, 9.17) is 5.73 Å². The maximum atomic E-state index is 14.4. The van der Waals surface area contributed by atoms with Gasteiger partial charge in [-0.15, -0.1) is 0 Å². The number of nitrogens with zero attached hydrogens (tertiary/aromatic N) is 2. The second kappa shape index (κ2) is 6.72. The second-order valence-corrected chi connectivity index (χ2v) is 7.43. The summed E-state index contributed by atoms with van der Waals surface area (Å²) < 4.78 is 41.6. The van der Waals surface area contributed by atoms with Gasteiger partial charge in [-0.25, -0.2) is 14.4 Å². The van der Waals surface area contributed by atoms with E-state index in [1.165, 1.54) is 30.3 Å². The summed E-state index contributed by atoms with van der Waals surface area (Å²) in [6, 6.07) is 12.3. The molecule has 3 N–H and O–H groups in total. The molecule has 0 aliphatic heterocycles. The molecule has 0 fully saturated rings. The minimum atomic E-state index is -3.99. The van der Waals surface area contributed by atoms with Crippen molar-refractivity contribution in [2.45, 2.75) is 18.9 Å². The third kappa shape index (κ3) is 3.50. The number of aryl methyl sites for hydroxylation is 2. The molecule has 6 nitrogen and oxygen atoms in total. The number of sulfonamides is 1. The Hall–Kier alpha value is -3.00. The van der Waals surface area contributed by atoms with Crippen molar-refractivity contribution in [3.05, 3.63) is 65.5 Å². The monoisotopic (exact) mass is 372 g/mol. The number of anilines is 2. The predicted molar refractivity (Wildman–Crippen MR) is 98.6 cm³/mol. The largest absolute Gasteiger partial charge is 0.384 e. The molecular weight excluding hydrogens is 355 g/mol. The van der Waals surface area contributed by atoms with Crippen LogP contribution in [0.4, 0.5) is 16.0 Å². The molecule has 0 spiro atoms. The number of nitrogen functional groups attached to an aromatic ring is 1. The Morgan fingerprint density at radius 3 is 2.27 bits per heavy atom. The molecule has 26 heavy (non-hydrogen) atoms. The van der Waals surface area contributed by atoms with E-state index in [1.54, 1.807) is 0 Å². The maximum Gasteiger partial charge on any atom is 0.280 e. The van der Waals surface area contributed by atoms with Crippen molar-refractivity contribution >= 4 is 21.7 Å². The average Bonchev–Trinajstić information content (AvgIpc) is 2.57. The lowest BCUT2D eigenvalue weighted by molar-refractivity contribution is 0.597. The van der Waals surface area contributed by atoms with Gasteiger partial charge in [0.05, 0.1) is 0 Å². The van der Waals surface area contributed by atoms with E-state index >= 15 is 0 Å². The summed E-state index contributed by atoms with van der Waals surface area (Å²) in [5, 5.41) is -0.239. The molecule has 0 aliphatic rings. The molecule has 1 aromatic carbocycles. The minimum absolute atomic E-state index is 0.00622. The van der Waals surface area contributed by atoms with Crippen LogP contribution in [0.15, 0.2) is 53.6 Å². The van der Waals surface area contributed by atoms with Crippen molar-refractivity contribution < 1.29 is 12.8 Å². The Kier molecular flexibility index (Phi) is 4.60. The van der Waals surface area contributed by atoms with Crippen molar-refractivity contribution in [1.29, 1.82) is 0 Å². The van der Waals surface area contributed by atoms with E-state index in [0.717, 1.165) is 11.1 Å². The van der Waals surface area contributed by atoms with Gasteiger partial charge < -0.3 is 5.73 Å². The van der Waals surface area contributed by atoms with Crippen LogP contribution in [0.2, 0.25) is 0 Å². The smallest absolute Gasteiger partial charge is 0.280 e. The van der Waals surface area contributed by atoms with Crippen LogP contribution in [0.3, 0.4) is 0 Å². The van der Waals surface area contributed by atoms with Crippen LogP contribution in [0, 0.1) is 19.7 Å². The zero-order valence-electron chi connectivity index (χ0n) is 14.2. The topological polar surface area (TPSA) is 98.0 Å². The molecule has 2 aromatic heterocycles. The number of nitrogens with one attached hydrogen (secondary N) is 1. The number of hydrogen-bond acceptors (Lipinski definition) is 5. The number of rotatable bonds is 4. The van der Waals surface area contributed by atoms with E-state index in [0.29, 0.717) is 5.56 Å². The molecule has 2 heterocycles. The fourth-order valence-corrected chi connectivity index (χ4v) is 3.61. The van der Waals surface area contributed by atoms with E-state index in [2.05, 4.69) is 14.7 Å². The van der Waals surface area contributed by atoms with E-state index in [9.17, 15) is 12.8 Å². The van der Waals surface area contributed by atoms with Gasteiger partial charge in [-0.1, -0.05) is 24.3 Å². The number of nitrogens with two attached hydrogens (primary N) is 1. The highest BCUT2D eigenvalue weighted by Gasteiger charge is 2.19. The van der Waals surface area contributed by atoms with Crippen LogP contribution in [-0.2, 0) is 10.0 Å². The SMILES string of the molecule is Cc1cccc(C)c1-c1nc(NS(=O)(=O)c2cccc(N)n2)ccc1F. The fraction of sp³-hybridized carbons (Fsp3) is 0.111. The molecule has 0 saturated heterocycles. The molecule has 8 heteroatoms. The lowest BCUT2D eigenvalue weighted by Gasteiger charge is -2.12. The highest BCUT2D eigenvalue weighted by atomic mass is 32.2. The van der Waals surface area contributed by atoms with Crippen LogP contribution >= 0.6 is 0 Å². The Balaban J connectivity index is 2.03. The van der Waals surface area contributed by atoms with Crippen LogP contribution < -0.4 is 10.5 Å². The highest BCUT2D eigenvalue weighted by Crippen LogP contribution is 2.29. The molecule has 3 aromatic rings. The lowest BCUT2D eigenvalue weighted by Crippen LogP contribution is -2.16. The summed E-state index contributed by atoms with van der Waals surface area (Å²) in [6.45, 7) is 3.69. The van der Waals surface area contributed by atoms with Gasteiger partial charge in [0.15, 0.2) is 5.03 Å². The first-order chi connectivity index (χ1) is 12.3. The zero-order chi connectivity index (χ0) is 18.9. The summed E-state index contributed by atoms with van der Waals surface area (Å²) in [7, 11) is -3.99. The first kappa shape index (κ1) is 17.8. The molecule has 134 valence electrons. The lowest BCUT2D eigenvalue weighted by atomic mass is 9.99. The summed E-state index contributed by atoms with van der Waals surface area (Å²) in [5.41, 5.74) is 7.93. The van der Waals surface area contributed by atoms with Crippen molar-refractivity contribution in [1.82, 2.24) is 9.97 Å². The Morgan fingerprint density at radius 2 is 1.62 bits per heavy atom. The third-order valence-electron chi connectivity index (χ3n) is 3.82. The van der Waals surface area contributed by atoms with Crippen molar-refractivity contribution in [2.24, 2.45) is 0 Å². The molecule has 0 bridgehead atoms. The van der Waals surface area contributed by atoms with E-state index < -0.39 is 15.8 Å². The number of pyridine rings is 2. The minimum Gasteiger partial charge on any atom is -0.384 e. The molecule has 0 amide bonds. The molecule has 0 atom stereocenters. The zero-order valence-corrected chi connectivity index (χ0v) is 15.0. The quantitative estimate of drug-likeness (QED) is 0.732. The van der Waals surface area contributed by atoms with Gasteiger partial charge >= 0.3 is 0 Å². The number of benzene rings is 1. The van der Waals surface area contributed by atoms with E-state index in [-0.39, 0.29) is 22.4 Å². The van der Waals surface area contributed by atoms with E-state index in [1.807, 2.05) is 32.0 Å². The fourth-order valence-electron chi connectivity index (χ4n) is 2.63. The maximum absolute atomic E-state index is 14.4. The number of halogens is 1. The van der Waals surface area contributed by atoms with Gasteiger partial charge in [0.2, 0.25) is 0 Å². The summed E-state index contributed by atoms with van der Waals surface area (Å²) in [4.78, 5) is 7.97. The first-order valence-electron chi connectivity index (χ1n) is 7.76. The van der Waals surface area contributed by atoms with Gasteiger partial charge in [-0.05, 0) is 49.2 Å². The molecule has 0 unspecified atom stereocenters. The second-order valence-electron chi connectivity index (χ2n) is 5.80. The Bertz CT molecular complexity index is 1060. The highest BCUT2D eigenvalue weighted by molar-refractivity contribution is 7.92. The first-order valence-corrected chi connectivity index (χ1v) is 9.25. The van der Waals surface area contributed by atoms with Gasteiger partial charge in [0.25, 0.3) is 10.0 Å². The summed E-state index contributed by atoms with van der Waals surface area (Å²) >= 11 is 0. The molecule has 0 radical (unpaired) electrons. The van der Waals surface area contributed by atoms with Gasteiger partial charge in [-0.2, -0.15) is 8.42 Å². The predicted octanol–water partition coefficient (Wildman–Crippen LogP) is 3.28. The molecule has 0 aliphatic carbocycles. The third-order valence-corrected chi connectivity index (χ3v) is 5.08. The number of aromatic nitrogens is 2. The van der Waals surface area contributed by atoms with Gasteiger partial charge in [-0.3, -0.25) is 4.72 Å². The Morgan fingerprint density at radius 1 is 0.962 bits per heavy atom. The molecule has 0 saturated carbocycles. The molecular formula is C18H17FN4O2S. The number of hydrogen-bond donors (Lipinski definition) is 2. The average molecular weight is 372 g/mol. The van der Waals surface area contributed by atoms with Crippen molar-refractivity contribution in [2.75, 3.05) is 10.5 Å². The van der Waals surface area contributed by atoms with Crippen molar-refractivity contribution in [3.8, 4) is 11.3 Å². The van der Waals surface area contributed by atoms with Crippen molar-refractivity contribution in [3.63, 3.8) is 0 Å². The Labute approximate surface area is 151 Å².